The fraction of sp³-hybridized carbons (Fsp3) is 0.250. The molecule has 0 atom stereocenters. The molecule has 0 bridgehead atoms. The molecule has 0 fully saturated rings. The zero-order valence-electron chi connectivity index (χ0n) is 14.0. The lowest BCUT2D eigenvalue weighted by Gasteiger charge is -2.15. The fourth-order valence-corrected chi connectivity index (χ4v) is 3.05. The molecule has 0 radical (unpaired) electrons. The highest BCUT2D eigenvalue weighted by Crippen LogP contribution is 2.38. The topological polar surface area (TPSA) is 76.0 Å². The van der Waals surface area contributed by atoms with Crippen molar-refractivity contribution in [2.45, 2.75) is 26.2 Å². The summed E-state index contributed by atoms with van der Waals surface area (Å²) in [4.78, 5) is 23.2. The van der Waals surface area contributed by atoms with Crippen molar-refractivity contribution < 1.29 is 14.6 Å². The first-order valence-electron chi connectivity index (χ1n) is 8.18. The number of aromatic carboxylic acids is 1. The maximum absolute atomic E-state index is 11.8. The highest BCUT2D eigenvalue weighted by molar-refractivity contribution is 5.96. The smallest absolute Gasteiger partial charge is 0.338 e. The van der Waals surface area contributed by atoms with Crippen molar-refractivity contribution in [3.8, 4) is 5.75 Å². The van der Waals surface area contributed by atoms with Gasteiger partial charge in [-0.05, 0) is 54.1 Å². The number of allylic oxidation sites excluding steroid dienone is 1. The average Bonchev–Trinajstić information content (AvgIpc) is 2.81. The summed E-state index contributed by atoms with van der Waals surface area (Å²) in [6.07, 6.45) is 3.56. The van der Waals surface area contributed by atoms with E-state index in [1.165, 1.54) is 0 Å². The van der Waals surface area contributed by atoms with Gasteiger partial charge in [0.25, 0.3) is 0 Å². The molecule has 0 aromatic heterocycles. The predicted octanol–water partition coefficient (Wildman–Crippen LogP) is 4.45. The molecule has 128 valence electrons. The van der Waals surface area contributed by atoms with E-state index >= 15 is 0 Å². The van der Waals surface area contributed by atoms with Gasteiger partial charge in [-0.3, -0.25) is 0 Å². The van der Waals surface area contributed by atoms with Crippen molar-refractivity contribution in [1.29, 1.82) is 0 Å². The van der Waals surface area contributed by atoms with Crippen LogP contribution in [0.4, 0.5) is 5.69 Å². The summed E-state index contributed by atoms with van der Waals surface area (Å²) in [7, 11) is 0. The number of rotatable bonds is 5. The van der Waals surface area contributed by atoms with Gasteiger partial charge in [-0.25, -0.2) is 4.79 Å². The van der Waals surface area contributed by atoms with E-state index in [1.54, 1.807) is 6.07 Å². The standard InChI is InChI=1S/C20H19NO4/c1-13-7-10-16-17(25-12-13)11-15(18(20(22)23)19(16)21-24)9-8-14-5-3-2-4-6-14/h2-7,11H,8-10,12H2,1H3,(H,22,23). The Bertz CT molecular complexity index is 841. The van der Waals surface area contributed by atoms with Gasteiger partial charge in [-0.1, -0.05) is 36.4 Å². The summed E-state index contributed by atoms with van der Waals surface area (Å²) < 4.78 is 5.77. The first-order chi connectivity index (χ1) is 12.1. The lowest BCUT2D eigenvalue weighted by molar-refractivity contribution is 0.0696. The first-order valence-corrected chi connectivity index (χ1v) is 8.18. The van der Waals surface area contributed by atoms with E-state index in [4.69, 9.17) is 4.74 Å². The number of fused-ring (bicyclic) bond motifs is 1. The molecule has 1 N–H and O–H groups in total. The monoisotopic (exact) mass is 337 g/mol. The third-order valence-corrected chi connectivity index (χ3v) is 4.39. The van der Waals surface area contributed by atoms with Crippen molar-refractivity contribution in [2.24, 2.45) is 5.18 Å². The van der Waals surface area contributed by atoms with Gasteiger partial charge < -0.3 is 9.84 Å². The maximum Gasteiger partial charge on any atom is 0.338 e. The van der Waals surface area contributed by atoms with Gasteiger partial charge >= 0.3 is 5.97 Å². The lowest BCUT2D eigenvalue weighted by atomic mass is 9.94. The second-order valence-electron chi connectivity index (χ2n) is 6.16. The number of nitroso groups, excluding NO2 is 1. The summed E-state index contributed by atoms with van der Waals surface area (Å²) >= 11 is 0. The van der Waals surface area contributed by atoms with Crippen LogP contribution < -0.4 is 4.74 Å². The Balaban J connectivity index is 2.03. The summed E-state index contributed by atoms with van der Waals surface area (Å²) in [6, 6.07) is 11.6. The molecule has 5 nitrogen and oxygen atoms in total. The minimum atomic E-state index is -1.13. The highest BCUT2D eigenvalue weighted by Gasteiger charge is 2.25. The molecule has 25 heavy (non-hydrogen) atoms. The van der Waals surface area contributed by atoms with E-state index in [-0.39, 0.29) is 11.3 Å². The highest BCUT2D eigenvalue weighted by atomic mass is 16.5. The van der Waals surface area contributed by atoms with E-state index in [2.05, 4.69) is 5.18 Å². The number of nitrogens with zero attached hydrogens (tertiary/aromatic N) is 1. The van der Waals surface area contributed by atoms with Gasteiger partial charge in [0.15, 0.2) is 0 Å². The quantitative estimate of drug-likeness (QED) is 0.646. The molecule has 1 aliphatic rings. The lowest BCUT2D eigenvalue weighted by Crippen LogP contribution is -2.08. The van der Waals surface area contributed by atoms with Gasteiger partial charge in [-0.2, -0.15) is 0 Å². The summed E-state index contributed by atoms with van der Waals surface area (Å²) in [5, 5.41) is 12.7. The number of hydrogen-bond donors (Lipinski definition) is 1. The van der Waals surface area contributed by atoms with Crippen molar-refractivity contribution in [3.05, 3.63) is 75.2 Å². The molecule has 0 aliphatic carbocycles. The Morgan fingerprint density at radius 1 is 1.24 bits per heavy atom. The van der Waals surface area contributed by atoms with Crippen LogP contribution in [0, 0.1) is 4.91 Å². The molecule has 1 heterocycles. The average molecular weight is 337 g/mol. The zero-order chi connectivity index (χ0) is 17.8. The predicted molar refractivity (Wildman–Crippen MR) is 95.7 cm³/mol. The maximum atomic E-state index is 11.8. The van der Waals surface area contributed by atoms with Crippen molar-refractivity contribution in [1.82, 2.24) is 0 Å². The van der Waals surface area contributed by atoms with Gasteiger partial charge in [0, 0.05) is 5.56 Å². The van der Waals surface area contributed by atoms with Gasteiger partial charge in [-0.15, -0.1) is 4.91 Å². The van der Waals surface area contributed by atoms with Crippen LogP contribution in [0.1, 0.15) is 34.0 Å². The summed E-state index contributed by atoms with van der Waals surface area (Å²) in [5.41, 5.74) is 3.24. The van der Waals surface area contributed by atoms with Crippen molar-refractivity contribution in [2.75, 3.05) is 6.61 Å². The number of benzene rings is 2. The second kappa shape index (κ2) is 7.30. The molecular formula is C20H19NO4. The number of hydrogen-bond acceptors (Lipinski definition) is 4. The van der Waals surface area contributed by atoms with Gasteiger partial charge in [0.2, 0.25) is 0 Å². The van der Waals surface area contributed by atoms with Crippen LogP contribution in [0.25, 0.3) is 0 Å². The van der Waals surface area contributed by atoms with Crippen LogP contribution in [0.5, 0.6) is 5.75 Å². The normalized spacial score (nSPS) is 13.2. The van der Waals surface area contributed by atoms with E-state index in [0.717, 1.165) is 11.1 Å². The van der Waals surface area contributed by atoms with Crippen LogP contribution in [-0.2, 0) is 19.3 Å². The zero-order valence-corrected chi connectivity index (χ0v) is 14.0. The summed E-state index contributed by atoms with van der Waals surface area (Å²) in [6.45, 7) is 2.37. The van der Waals surface area contributed by atoms with Crippen LogP contribution in [0.3, 0.4) is 0 Å². The number of carbonyl (C=O) groups is 1. The van der Waals surface area contributed by atoms with Crippen LogP contribution >= 0.6 is 0 Å². The Hall–Kier alpha value is -2.95. The van der Waals surface area contributed by atoms with Crippen LogP contribution in [0.2, 0.25) is 0 Å². The molecule has 1 aliphatic heterocycles. The van der Waals surface area contributed by atoms with Crippen LogP contribution in [0.15, 0.2) is 53.2 Å². The molecule has 0 saturated carbocycles. The Morgan fingerprint density at radius 3 is 2.68 bits per heavy atom. The number of carboxylic acid groups (broad SMARTS) is 1. The molecule has 2 aromatic carbocycles. The molecule has 0 spiro atoms. The van der Waals surface area contributed by atoms with E-state index in [1.807, 2.05) is 43.3 Å². The molecule has 0 amide bonds. The molecular weight excluding hydrogens is 318 g/mol. The molecule has 2 aromatic rings. The molecule has 5 heteroatoms. The Labute approximate surface area is 145 Å². The largest absolute Gasteiger partial charge is 0.489 e. The molecule has 3 rings (SSSR count). The van der Waals surface area contributed by atoms with E-state index in [0.29, 0.717) is 42.7 Å². The minimum Gasteiger partial charge on any atom is -0.489 e. The first kappa shape index (κ1) is 16.9. The van der Waals surface area contributed by atoms with Gasteiger partial charge in [0.1, 0.15) is 18.0 Å². The number of aryl methyl sites for hydroxylation is 2. The minimum absolute atomic E-state index is 0.0127. The van der Waals surface area contributed by atoms with E-state index in [9.17, 15) is 14.8 Å². The number of ether oxygens (including phenoxy) is 1. The molecule has 0 unspecified atom stereocenters. The molecule has 0 saturated heterocycles. The fourth-order valence-electron chi connectivity index (χ4n) is 3.05. The van der Waals surface area contributed by atoms with Crippen molar-refractivity contribution >= 4 is 11.7 Å². The van der Waals surface area contributed by atoms with E-state index < -0.39 is 5.97 Å². The number of carboxylic acids is 1. The second-order valence-corrected chi connectivity index (χ2v) is 6.16. The van der Waals surface area contributed by atoms with Gasteiger partial charge in [0.05, 0.1) is 5.56 Å². The van der Waals surface area contributed by atoms with Crippen molar-refractivity contribution in [3.63, 3.8) is 0 Å². The Kier molecular flexibility index (Phi) is 4.93. The summed E-state index contributed by atoms with van der Waals surface area (Å²) in [5.74, 6) is -0.582. The third-order valence-electron chi connectivity index (χ3n) is 4.39. The third kappa shape index (κ3) is 3.60. The Morgan fingerprint density at radius 2 is 2.00 bits per heavy atom. The SMILES string of the molecule is CC1=CCc2c(cc(CCc3ccccc3)c(C(=O)O)c2N=O)OC1. The van der Waals surface area contributed by atoms with Crippen LogP contribution in [-0.4, -0.2) is 17.7 Å².